The molecule has 0 spiro atoms. The van der Waals surface area contributed by atoms with Crippen LogP contribution in [0.3, 0.4) is 0 Å². The summed E-state index contributed by atoms with van der Waals surface area (Å²) in [6.45, 7) is 6.89. The van der Waals surface area contributed by atoms with Gasteiger partial charge < -0.3 is 9.64 Å². The van der Waals surface area contributed by atoms with Gasteiger partial charge in [0.2, 0.25) is 0 Å². The molecule has 7 heteroatoms. The first kappa shape index (κ1) is 25.5. The highest BCUT2D eigenvalue weighted by Gasteiger charge is 2.31. The molecule has 1 amide bonds. The largest absolute Gasteiger partial charge is 0.379 e. The smallest absolute Gasteiger partial charge is 0.274 e. The normalized spacial score (nSPS) is 16.4. The molecule has 1 saturated heterocycles. The second kappa shape index (κ2) is 11.5. The number of amides is 1. The van der Waals surface area contributed by atoms with Crippen molar-refractivity contribution in [3.8, 4) is 0 Å². The maximum atomic E-state index is 14.1. The second-order valence-corrected chi connectivity index (χ2v) is 10.8. The highest BCUT2D eigenvalue weighted by atomic mass is 32.1. The molecule has 2 aliphatic rings. The van der Waals surface area contributed by atoms with Crippen molar-refractivity contribution >= 4 is 44.4 Å². The molecule has 4 aromatic rings. The number of aryl methyl sites for hydroxylation is 1. The van der Waals surface area contributed by atoms with E-state index in [4.69, 9.17) is 4.74 Å². The van der Waals surface area contributed by atoms with Crippen LogP contribution >= 0.6 is 11.3 Å². The molecule has 1 fully saturated rings. The van der Waals surface area contributed by atoms with Gasteiger partial charge in [0.05, 0.1) is 13.2 Å². The summed E-state index contributed by atoms with van der Waals surface area (Å²) in [7, 11) is 0. The maximum Gasteiger partial charge on any atom is 0.274 e. The lowest BCUT2D eigenvalue weighted by atomic mass is 9.91. The van der Waals surface area contributed by atoms with Crippen molar-refractivity contribution in [2.45, 2.75) is 13.3 Å². The summed E-state index contributed by atoms with van der Waals surface area (Å²) in [6.07, 6.45) is 4.67. The van der Waals surface area contributed by atoms with Crippen molar-refractivity contribution < 1.29 is 9.53 Å². The number of carbonyl (C=O) groups is 1. The number of fused-ring (bicyclic) bond motifs is 1. The molecule has 39 heavy (non-hydrogen) atoms. The van der Waals surface area contributed by atoms with Crippen molar-refractivity contribution in [3.63, 3.8) is 0 Å². The summed E-state index contributed by atoms with van der Waals surface area (Å²) in [6, 6.07) is 23.3. The third kappa shape index (κ3) is 5.52. The van der Waals surface area contributed by atoms with E-state index in [1.807, 2.05) is 5.38 Å². The van der Waals surface area contributed by atoms with Gasteiger partial charge in [-0.2, -0.15) is 0 Å². The van der Waals surface area contributed by atoms with Crippen LogP contribution in [0.2, 0.25) is 0 Å². The van der Waals surface area contributed by atoms with Crippen molar-refractivity contribution in [2.24, 2.45) is 0 Å². The molecule has 1 aromatic heterocycles. The Labute approximate surface area is 233 Å². The van der Waals surface area contributed by atoms with Gasteiger partial charge in [-0.25, -0.2) is 4.98 Å². The number of anilines is 1. The van der Waals surface area contributed by atoms with Gasteiger partial charge in [-0.05, 0) is 35.3 Å². The fourth-order valence-electron chi connectivity index (χ4n) is 5.40. The molecule has 0 unspecified atom stereocenters. The average molecular weight is 537 g/mol. The van der Waals surface area contributed by atoms with Gasteiger partial charge in [-0.15, -0.1) is 11.3 Å². The fourth-order valence-corrected chi connectivity index (χ4v) is 5.93. The van der Waals surface area contributed by atoms with E-state index in [1.54, 1.807) is 6.20 Å². The maximum absolute atomic E-state index is 14.1. The monoisotopic (exact) mass is 536 g/mol. The van der Waals surface area contributed by atoms with Crippen LogP contribution in [0.5, 0.6) is 0 Å². The SMILES string of the molecule is Cc1ccc(C2=C(C(=O)Nc3nccs3)N(CCN3CCOCC3)C(c3cccc4ccccc34)=CC2)cc1. The quantitative estimate of drug-likeness (QED) is 0.312. The van der Waals surface area contributed by atoms with Crippen LogP contribution in [-0.4, -0.2) is 60.1 Å². The Morgan fingerprint density at radius 2 is 1.79 bits per heavy atom. The summed E-state index contributed by atoms with van der Waals surface area (Å²) in [5.74, 6) is -0.131. The first-order valence-electron chi connectivity index (χ1n) is 13.4. The Morgan fingerprint density at radius 3 is 2.59 bits per heavy atom. The van der Waals surface area contributed by atoms with Crippen LogP contribution in [0.25, 0.3) is 22.0 Å². The van der Waals surface area contributed by atoms with E-state index >= 15 is 0 Å². The topological polar surface area (TPSA) is 57.7 Å². The molecule has 6 nitrogen and oxygen atoms in total. The van der Waals surface area contributed by atoms with Crippen LogP contribution in [0.4, 0.5) is 5.13 Å². The van der Waals surface area contributed by atoms with Crippen LogP contribution in [0, 0.1) is 6.92 Å². The lowest BCUT2D eigenvalue weighted by Gasteiger charge is -2.37. The Kier molecular flexibility index (Phi) is 7.54. The van der Waals surface area contributed by atoms with E-state index in [1.165, 1.54) is 27.7 Å². The first-order chi connectivity index (χ1) is 19.2. The first-order valence-corrected chi connectivity index (χ1v) is 14.3. The number of hydrogen-bond acceptors (Lipinski definition) is 6. The van der Waals surface area contributed by atoms with E-state index in [-0.39, 0.29) is 5.91 Å². The highest BCUT2D eigenvalue weighted by molar-refractivity contribution is 7.13. The molecule has 0 aliphatic carbocycles. The second-order valence-electron chi connectivity index (χ2n) is 9.91. The lowest BCUT2D eigenvalue weighted by molar-refractivity contribution is -0.114. The molecule has 0 radical (unpaired) electrons. The van der Waals surface area contributed by atoms with E-state index in [0.29, 0.717) is 23.8 Å². The van der Waals surface area contributed by atoms with Crippen molar-refractivity contribution in [2.75, 3.05) is 44.7 Å². The number of rotatable bonds is 7. The molecule has 1 N–H and O–H groups in total. The van der Waals surface area contributed by atoms with Crippen LogP contribution in [-0.2, 0) is 9.53 Å². The molecule has 0 saturated carbocycles. The Bertz CT molecular complexity index is 1510. The number of aromatic nitrogens is 1. The number of hydrogen-bond donors (Lipinski definition) is 1. The number of ether oxygens (including phenoxy) is 1. The predicted octanol–water partition coefficient (Wildman–Crippen LogP) is 6.03. The summed E-state index contributed by atoms with van der Waals surface area (Å²) >= 11 is 1.43. The van der Waals surface area contributed by atoms with Gasteiger partial charge in [0.1, 0.15) is 5.70 Å². The van der Waals surface area contributed by atoms with Gasteiger partial charge in [-0.3, -0.25) is 15.0 Å². The fraction of sp³-hybridized carbons (Fsp3) is 0.250. The third-order valence-electron chi connectivity index (χ3n) is 7.42. The van der Waals surface area contributed by atoms with Gasteiger partial charge in [0, 0.05) is 49.0 Å². The predicted molar refractivity (Wildman–Crippen MR) is 159 cm³/mol. The number of benzene rings is 3. The van der Waals surface area contributed by atoms with Crippen molar-refractivity contribution in [1.82, 2.24) is 14.8 Å². The van der Waals surface area contributed by atoms with Gasteiger partial charge in [-0.1, -0.05) is 78.4 Å². The summed E-state index contributed by atoms with van der Waals surface area (Å²) in [4.78, 5) is 23.1. The molecular weight excluding hydrogens is 504 g/mol. The molecule has 198 valence electrons. The number of nitrogens with one attached hydrogen (secondary N) is 1. The van der Waals surface area contributed by atoms with Gasteiger partial charge in [0.15, 0.2) is 5.13 Å². The minimum atomic E-state index is -0.131. The van der Waals surface area contributed by atoms with Gasteiger partial charge in [0.25, 0.3) is 5.91 Å². The molecule has 3 heterocycles. The molecule has 0 bridgehead atoms. The third-order valence-corrected chi connectivity index (χ3v) is 8.11. The number of morpholine rings is 1. The van der Waals surface area contributed by atoms with Crippen molar-refractivity contribution in [3.05, 3.63) is 107 Å². The number of nitrogens with zero attached hydrogens (tertiary/aromatic N) is 3. The van der Waals surface area contributed by atoms with Crippen LogP contribution in [0.1, 0.15) is 23.1 Å². The van der Waals surface area contributed by atoms with Crippen LogP contribution < -0.4 is 5.32 Å². The van der Waals surface area contributed by atoms with E-state index in [2.05, 4.69) is 99.8 Å². The molecule has 2 aliphatic heterocycles. The zero-order valence-corrected chi connectivity index (χ0v) is 22.9. The Morgan fingerprint density at radius 1 is 1.00 bits per heavy atom. The molecular formula is C32H32N4O2S. The summed E-state index contributed by atoms with van der Waals surface area (Å²) < 4.78 is 5.59. The lowest BCUT2D eigenvalue weighted by Crippen LogP contribution is -2.42. The molecule has 0 atom stereocenters. The number of carbonyl (C=O) groups excluding carboxylic acids is 1. The zero-order chi connectivity index (χ0) is 26.6. The summed E-state index contributed by atoms with van der Waals surface area (Å²) in [5, 5.41) is 7.94. The standard InChI is InChI=1S/C32H32N4O2S/c1-23-9-11-25(12-10-23)27-13-14-29(28-8-4-6-24-5-2-3-7-26(24)28)36(17-16-35-18-20-38-21-19-35)30(27)31(37)34-32-33-15-22-39-32/h2-12,14-15,22H,13,16-21H2,1H3,(H,33,34,37). The number of thiazole rings is 1. The van der Waals surface area contributed by atoms with Crippen LogP contribution in [0.15, 0.2) is 90.1 Å². The minimum absolute atomic E-state index is 0.131. The average Bonchev–Trinajstić information content (AvgIpc) is 3.49. The van der Waals surface area contributed by atoms with E-state index < -0.39 is 0 Å². The highest BCUT2D eigenvalue weighted by Crippen LogP contribution is 2.39. The minimum Gasteiger partial charge on any atom is -0.379 e. The molecule has 6 rings (SSSR count). The Hall–Kier alpha value is -3.78. The van der Waals surface area contributed by atoms with Gasteiger partial charge >= 0.3 is 0 Å². The Balaban J connectivity index is 1.46. The number of allylic oxidation sites excluding steroid dienone is 2. The molecule has 3 aromatic carbocycles. The van der Waals surface area contributed by atoms with E-state index in [0.717, 1.165) is 55.2 Å². The van der Waals surface area contributed by atoms with E-state index in [9.17, 15) is 4.79 Å². The van der Waals surface area contributed by atoms with Crippen molar-refractivity contribution in [1.29, 1.82) is 0 Å². The zero-order valence-electron chi connectivity index (χ0n) is 22.1. The summed E-state index contributed by atoms with van der Waals surface area (Å²) in [5.41, 5.74) is 6.18.